The van der Waals surface area contributed by atoms with Crippen LogP contribution in [0.25, 0.3) is 0 Å². The average Bonchev–Trinajstić information content (AvgIpc) is 2.90. The van der Waals surface area contributed by atoms with Crippen molar-refractivity contribution in [2.45, 2.75) is 51.9 Å². The predicted molar refractivity (Wildman–Crippen MR) is 165 cm³/mol. The highest BCUT2D eigenvalue weighted by Gasteiger charge is 2.21. The van der Waals surface area contributed by atoms with Gasteiger partial charge in [-0.2, -0.15) is 0 Å². The molecule has 0 aliphatic rings. The number of rotatable bonds is 7. The van der Waals surface area contributed by atoms with E-state index in [1.54, 1.807) is 61.5 Å². The van der Waals surface area contributed by atoms with E-state index < -0.39 is 15.9 Å². The molecule has 0 bridgehead atoms. The lowest BCUT2D eigenvalue weighted by Gasteiger charge is -2.19. The predicted octanol–water partition coefficient (Wildman–Crippen LogP) is 7.21. The Hall–Kier alpha value is -4.43. The molecule has 2 amide bonds. The Morgan fingerprint density at radius 3 is 1.83 bits per heavy atom. The van der Waals surface area contributed by atoms with E-state index >= 15 is 0 Å². The first kappa shape index (κ1) is 29.6. The van der Waals surface area contributed by atoms with Crippen molar-refractivity contribution in [2.24, 2.45) is 0 Å². The first-order valence-electron chi connectivity index (χ1n) is 13.3. The van der Waals surface area contributed by atoms with Crippen LogP contribution in [0, 0.1) is 20.8 Å². The Kier molecular flexibility index (Phi) is 8.35. The summed E-state index contributed by atoms with van der Waals surface area (Å²) in [5, 5.41) is 5.65. The normalized spacial score (nSPS) is 11.6. The molecule has 0 aliphatic carbocycles. The number of hydrogen-bond donors (Lipinski definition) is 3. The Morgan fingerprint density at radius 1 is 0.659 bits per heavy atom. The third kappa shape index (κ3) is 7.21. The average molecular weight is 570 g/mol. The van der Waals surface area contributed by atoms with Crippen LogP contribution in [0.4, 0.5) is 17.1 Å². The van der Waals surface area contributed by atoms with Gasteiger partial charge in [0.1, 0.15) is 0 Å². The van der Waals surface area contributed by atoms with Crippen molar-refractivity contribution in [1.29, 1.82) is 0 Å². The molecule has 4 rings (SSSR count). The minimum Gasteiger partial charge on any atom is -0.322 e. The largest absolute Gasteiger partial charge is 0.322 e. The van der Waals surface area contributed by atoms with Crippen LogP contribution >= 0.6 is 0 Å². The molecule has 3 N–H and O–H groups in total. The maximum absolute atomic E-state index is 13.3. The molecule has 0 aromatic heterocycles. The lowest BCUT2D eigenvalue weighted by atomic mass is 9.87. The highest BCUT2D eigenvalue weighted by molar-refractivity contribution is 7.92. The highest BCUT2D eigenvalue weighted by atomic mass is 32.2. The first-order chi connectivity index (χ1) is 19.2. The van der Waals surface area contributed by atoms with Gasteiger partial charge in [-0.15, -0.1) is 0 Å². The van der Waals surface area contributed by atoms with Crippen molar-refractivity contribution >= 4 is 38.9 Å². The molecule has 0 atom stereocenters. The van der Waals surface area contributed by atoms with Crippen LogP contribution in [-0.2, 0) is 15.4 Å². The topological polar surface area (TPSA) is 104 Å². The summed E-state index contributed by atoms with van der Waals surface area (Å²) in [6, 6.07) is 24.3. The summed E-state index contributed by atoms with van der Waals surface area (Å²) in [5.41, 5.74) is 5.51. The van der Waals surface area contributed by atoms with Gasteiger partial charge in [0.05, 0.1) is 10.6 Å². The number of benzene rings is 4. The number of amides is 2. The molecule has 0 fully saturated rings. The molecular weight excluding hydrogens is 534 g/mol. The van der Waals surface area contributed by atoms with Crippen LogP contribution in [0.2, 0.25) is 0 Å². The summed E-state index contributed by atoms with van der Waals surface area (Å²) < 4.78 is 29.2. The number of nitrogens with one attached hydrogen (secondary N) is 3. The number of sulfonamides is 1. The molecule has 0 saturated heterocycles. The number of aryl methyl sites for hydroxylation is 3. The minimum atomic E-state index is -3.95. The number of carbonyl (C=O) groups excluding carboxylic acids is 2. The van der Waals surface area contributed by atoms with E-state index in [0.717, 1.165) is 16.7 Å². The Balaban J connectivity index is 1.49. The summed E-state index contributed by atoms with van der Waals surface area (Å²) in [5.74, 6) is -0.743. The van der Waals surface area contributed by atoms with Crippen molar-refractivity contribution in [3.63, 3.8) is 0 Å². The van der Waals surface area contributed by atoms with Gasteiger partial charge in [0.25, 0.3) is 21.8 Å². The standard InChI is InChI=1S/C33H35N3O4S/c1-21-10-11-22(2)29(18-21)36-41(39,40)30-19-25(13-12-23(30)3)32(38)35-28-9-7-8-27(20-28)34-31(37)24-14-16-26(17-15-24)33(4,5)6/h7-20,36H,1-6H3,(H,34,37)(H,35,38). The van der Waals surface area contributed by atoms with Crippen molar-refractivity contribution in [3.05, 3.63) is 118 Å². The van der Waals surface area contributed by atoms with E-state index in [-0.39, 0.29) is 21.8 Å². The Labute approximate surface area is 242 Å². The van der Waals surface area contributed by atoms with Gasteiger partial charge in [-0.25, -0.2) is 8.42 Å². The fourth-order valence-electron chi connectivity index (χ4n) is 4.28. The van der Waals surface area contributed by atoms with E-state index in [4.69, 9.17) is 0 Å². The lowest BCUT2D eigenvalue weighted by molar-refractivity contribution is 0.101. The van der Waals surface area contributed by atoms with Crippen LogP contribution in [0.3, 0.4) is 0 Å². The third-order valence-corrected chi connectivity index (χ3v) is 8.28. The molecule has 4 aromatic carbocycles. The van der Waals surface area contributed by atoms with Gasteiger partial charge in [-0.1, -0.05) is 57.2 Å². The summed E-state index contributed by atoms with van der Waals surface area (Å²) in [4.78, 5) is 25.9. The fourth-order valence-corrected chi connectivity index (χ4v) is 5.67. The summed E-state index contributed by atoms with van der Waals surface area (Å²) in [7, 11) is -3.95. The first-order valence-corrected chi connectivity index (χ1v) is 14.8. The Bertz CT molecular complexity index is 1720. The molecule has 0 spiro atoms. The van der Waals surface area contributed by atoms with E-state index in [2.05, 4.69) is 36.1 Å². The zero-order valence-corrected chi connectivity index (χ0v) is 24.9. The molecule has 41 heavy (non-hydrogen) atoms. The molecule has 4 aromatic rings. The highest BCUT2D eigenvalue weighted by Crippen LogP contribution is 2.25. The van der Waals surface area contributed by atoms with Gasteiger partial charge in [0.2, 0.25) is 0 Å². The molecular formula is C33H35N3O4S. The lowest BCUT2D eigenvalue weighted by Crippen LogP contribution is -2.18. The molecule has 0 unspecified atom stereocenters. The third-order valence-electron chi connectivity index (χ3n) is 6.77. The zero-order chi connectivity index (χ0) is 29.9. The van der Waals surface area contributed by atoms with E-state index in [1.165, 1.54) is 6.07 Å². The molecule has 0 saturated carbocycles. The van der Waals surface area contributed by atoms with Crippen LogP contribution in [0.5, 0.6) is 0 Å². The van der Waals surface area contributed by atoms with E-state index in [1.807, 2.05) is 38.1 Å². The van der Waals surface area contributed by atoms with Gasteiger partial charge < -0.3 is 10.6 Å². The van der Waals surface area contributed by atoms with Crippen molar-refractivity contribution in [2.75, 3.05) is 15.4 Å². The smallest absolute Gasteiger partial charge is 0.262 e. The second kappa shape index (κ2) is 11.6. The van der Waals surface area contributed by atoms with Crippen LogP contribution < -0.4 is 15.4 Å². The van der Waals surface area contributed by atoms with E-state index in [9.17, 15) is 18.0 Å². The van der Waals surface area contributed by atoms with Gasteiger partial charge in [0.15, 0.2) is 0 Å². The molecule has 212 valence electrons. The monoisotopic (exact) mass is 569 g/mol. The van der Waals surface area contributed by atoms with Crippen molar-refractivity contribution < 1.29 is 18.0 Å². The van der Waals surface area contributed by atoms with Crippen LogP contribution in [0.15, 0.2) is 89.8 Å². The SMILES string of the molecule is Cc1ccc(C)c(NS(=O)(=O)c2cc(C(=O)Nc3cccc(NC(=O)c4ccc(C(C)(C)C)cc4)c3)ccc2C)c1. The number of hydrogen-bond acceptors (Lipinski definition) is 4. The van der Waals surface area contributed by atoms with Gasteiger partial charge in [0, 0.05) is 22.5 Å². The maximum Gasteiger partial charge on any atom is 0.262 e. The summed E-state index contributed by atoms with van der Waals surface area (Å²) in [6.45, 7) is 11.7. The fraction of sp³-hybridized carbons (Fsp3) is 0.212. The summed E-state index contributed by atoms with van der Waals surface area (Å²) >= 11 is 0. The molecule has 0 aliphatic heterocycles. The zero-order valence-electron chi connectivity index (χ0n) is 24.1. The molecule has 8 heteroatoms. The number of anilines is 3. The molecule has 7 nitrogen and oxygen atoms in total. The van der Waals surface area contributed by atoms with Gasteiger partial charge in [-0.05, 0) is 97.0 Å². The maximum atomic E-state index is 13.3. The van der Waals surface area contributed by atoms with Gasteiger partial charge in [-0.3, -0.25) is 14.3 Å². The molecule has 0 radical (unpaired) electrons. The second-order valence-electron chi connectivity index (χ2n) is 11.2. The van der Waals surface area contributed by atoms with Gasteiger partial charge >= 0.3 is 0 Å². The second-order valence-corrected chi connectivity index (χ2v) is 12.9. The van der Waals surface area contributed by atoms with Crippen LogP contribution in [0.1, 0.15) is 63.7 Å². The van der Waals surface area contributed by atoms with Crippen molar-refractivity contribution in [1.82, 2.24) is 0 Å². The molecule has 0 heterocycles. The quantitative estimate of drug-likeness (QED) is 0.219. The minimum absolute atomic E-state index is 0.0134. The Morgan fingerprint density at radius 2 is 1.22 bits per heavy atom. The van der Waals surface area contributed by atoms with Crippen LogP contribution in [-0.4, -0.2) is 20.2 Å². The summed E-state index contributed by atoms with van der Waals surface area (Å²) in [6.07, 6.45) is 0. The van der Waals surface area contributed by atoms with Crippen molar-refractivity contribution in [3.8, 4) is 0 Å². The number of carbonyl (C=O) groups is 2. The van der Waals surface area contributed by atoms with E-state index in [0.29, 0.717) is 28.2 Å².